The van der Waals surface area contributed by atoms with E-state index < -0.39 is 0 Å². The van der Waals surface area contributed by atoms with Crippen molar-refractivity contribution in [3.05, 3.63) is 54.2 Å². The van der Waals surface area contributed by atoms with Gasteiger partial charge in [-0.25, -0.2) is 4.98 Å². The third-order valence-corrected chi connectivity index (χ3v) is 6.42. The maximum Gasteiger partial charge on any atom is 0.221 e. The minimum absolute atomic E-state index is 0.0828. The second-order valence-corrected chi connectivity index (χ2v) is 8.74. The Labute approximate surface area is 188 Å². The Balaban J connectivity index is 1.67. The summed E-state index contributed by atoms with van der Waals surface area (Å²) in [7, 11) is 0. The lowest BCUT2D eigenvalue weighted by Gasteiger charge is -2.23. The molecule has 0 saturated carbocycles. The lowest BCUT2D eigenvalue weighted by Crippen LogP contribution is -2.28. The first-order valence-electron chi connectivity index (χ1n) is 11.4. The Morgan fingerprint density at radius 2 is 1.91 bits per heavy atom. The fourth-order valence-corrected chi connectivity index (χ4v) is 4.82. The van der Waals surface area contributed by atoms with Gasteiger partial charge in [-0.3, -0.25) is 9.78 Å². The summed E-state index contributed by atoms with van der Waals surface area (Å²) in [6.45, 7) is 6.69. The minimum Gasteiger partial charge on any atom is -0.326 e. The van der Waals surface area contributed by atoms with Crippen LogP contribution in [0.5, 0.6) is 0 Å². The number of carbonyl (C=O) groups is 1. The maximum absolute atomic E-state index is 11.5. The summed E-state index contributed by atoms with van der Waals surface area (Å²) in [6.07, 6.45) is 3.60. The minimum atomic E-state index is -0.0828. The number of nitrogens with zero attached hydrogens (tertiary/aromatic N) is 3. The zero-order chi connectivity index (χ0) is 22.1. The van der Waals surface area contributed by atoms with Crippen LogP contribution in [0, 0.1) is 12.8 Å². The molecule has 0 atom stereocenters. The molecule has 0 spiro atoms. The summed E-state index contributed by atoms with van der Waals surface area (Å²) in [6, 6.07) is 16.4. The van der Waals surface area contributed by atoms with Crippen molar-refractivity contribution >= 4 is 33.5 Å². The number of hydrogen-bond donors (Lipinski definition) is 2. The van der Waals surface area contributed by atoms with Gasteiger partial charge in [0.2, 0.25) is 5.91 Å². The fraction of sp³-hybridized carbons (Fsp3) is 0.346. The Bertz CT molecular complexity index is 1270. The number of amides is 1. The molecule has 3 heterocycles. The van der Waals surface area contributed by atoms with Gasteiger partial charge in [0.25, 0.3) is 0 Å². The summed E-state index contributed by atoms with van der Waals surface area (Å²) < 4.78 is 2.39. The van der Waals surface area contributed by atoms with E-state index in [2.05, 4.69) is 45.5 Å². The highest BCUT2D eigenvalue weighted by atomic mass is 16.1. The Morgan fingerprint density at radius 3 is 2.66 bits per heavy atom. The van der Waals surface area contributed by atoms with Crippen molar-refractivity contribution in [2.45, 2.75) is 39.7 Å². The number of hydrogen-bond acceptors (Lipinski definition) is 4. The van der Waals surface area contributed by atoms with Gasteiger partial charge >= 0.3 is 0 Å². The SMILES string of the molecule is CC(=O)Nc1ccc2c(c1)nc(C)c1nc(-c3ccccc3)n(CCC3CCNCC3)c12. The highest BCUT2D eigenvalue weighted by Gasteiger charge is 2.20. The van der Waals surface area contributed by atoms with Crippen LogP contribution in [0.2, 0.25) is 0 Å². The van der Waals surface area contributed by atoms with Crippen LogP contribution < -0.4 is 10.6 Å². The van der Waals surface area contributed by atoms with E-state index in [0.717, 1.165) is 76.7 Å². The van der Waals surface area contributed by atoms with Crippen molar-refractivity contribution in [1.29, 1.82) is 0 Å². The predicted molar refractivity (Wildman–Crippen MR) is 130 cm³/mol. The third kappa shape index (κ3) is 3.98. The second kappa shape index (κ2) is 8.71. The average molecular weight is 428 g/mol. The van der Waals surface area contributed by atoms with E-state index in [4.69, 9.17) is 9.97 Å². The van der Waals surface area contributed by atoms with Crippen LogP contribution in [-0.4, -0.2) is 33.5 Å². The number of rotatable bonds is 5. The molecule has 1 aliphatic heterocycles. The fourth-order valence-electron chi connectivity index (χ4n) is 4.82. The van der Waals surface area contributed by atoms with Gasteiger partial charge in [-0.15, -0.1) is 0 Å². The molecule has 32 heavy (non-hydrogen) atoms. The normalized spacial score (nSPS) is 14.8. The number of aryl methyl sites for hydroxylation is 2. The molecule has 0 aliphatic carbocycles. The molecule has 1 saturated heterocycles. The largest absolute Gasteiger partial charge is 0.326 e. The number of benzene rings is 2. The van der Waals surface area contributed by atoms with E-state index in [0.29, 0.717) is 0 Å². The molecule has 6 heteroatoms. The second-order valence-electron chi connectivity index (χ2n) is 8.74. The van der Waals surface area contributed by atoms with Crippen LogP contribution >= 0.6 is 0 Å². The monoisotopic (exact) mass is 427 g/mol. The van der Waals surface area contributed by atoms with E-state index in [1.807, 2.05) is 25.1 Å². The lowest BCUT2D eigenvalue weighted by atomic mass is 9.94. The van der Waals surface area contributed by atoms with Crippen LogP contribution in [0.1, 0.15) is 31.9 Å². The number of pyridine rings is 1. The molecule has 6 nitrogen and oxygen atoms in total. The molecule has 1 aliphatic rings. The number of nitrogens with one attached hydrogen (secondary N) is 2. The van der Waals surface area contributed by atoms with Crippen molar-refractivity contribution < 1.29 is 4.79 Å². The van der Waals surface area contributed by atoms with E-state index in [9.17, 15) is 4.79 Å². The zero-order valence-corrected chi connectivity index (χ0v) is 18.7. The third-order valence-electron chi connectivity index (χ3n) is 6.42. The van der Waals surface area contributed by atoms with Crippen molar-refractivity contribution in [3.63, 3.8) is 0 Å². The van der Waals surface area contributed by atoms with Crippen molar-refractivity contribution in [2.75, 3.05) is 18.4 Å². The van der Waals surface area contributed by atoms with E-state index in [1.54, 1.807) is 0 Å². The van der Waals surface area contributed by atoms with Crippen LogP contribution in [-0.2, 0) is 11.3 Å². The zero-order valence-electron chi connectivity index (χ0n) is 18.7. The van der Waals surface area contributed by atoms with E-state index >= 15 is 0 Å². The van der Waals surface area contributed by atoms with E-state index in [-0.39, 0.29) is 5.91 Å². The van der Waals surface area contributed by atoms with Crippen LogP contribution in [0.3, 0.4) is 0 Å². The van der Waals surface area contributed by atoms with Gasteiger partial charge in [-0.2, -0.15) is 0 Å². The number of carbonyl (C=O) groups excluding carboxylic acids is 1. The van der Waals surface area contributed by atoms with Gasteiger partial charge in [0.05, 0.1) is 16.7 Å². The highest BCUT2D eigenvalue weighted by Crippen LogP contribution is 2.33. The molecule has 2 aromatic carbocycles. The smallest absolute Gasteiger partial charge is 0.221 e. The van der Waals surface area contributed by atoms with Gasteiger partial charge in [0.15, 0.2) is 0 Å². The number of imidazole rings is 1. The van der Waals surface area contributed by atoms with Gasteiger partial charge in [-0.1, -0.05) is 30.3 Å². The van der Waals surface area contributed by atoms with Crippen LogP contribution in [0.4, 0.5) is 5.69 Å². The topological polar surface area (TPSA) is 71.8 Å². The van der Waals surface area contributed by atoms with Crippen molar-refractivity contribution in [3.8, 4) is 11.4 Å². The van der Waals surface area contributed by atoms with Crippen molar-refractivity contribution in [1.82, 2.24) is 19.9 Å². The summed E-state index contributed by atoms with van der Waals surface area (Å²) >= 11 is 0. The lowest BCUT2D eigenvalue weighted by molar-refractivity contribution is -0.114. The Morgan fingerprint density at radius 1 is 1.12 bits per heavy atom. The van der Waals surface area contributed by atoms with Gasteiger partial charge in [-0.05, 0) is 63.4 Å². The molecule has 0 radical (unpaired) electrons. The van der Waals surface area contributed by atoms with Crippen molar-refractivity contribution in [2.24, 2.45) is 5.92 Å². The molecule has 2 N–H and O–H groups in total. The Kier molecular flexibility index (Phi) is 5.62. The summed E-state index contributed by atoms with van der Waals surface area (Å²) in [4.78, 5) is 21.4. The standard InChI is InChI=1S/C26H29N5O/c1-17-24-25(22-9-8-21(29-18(2)32)16-23(22)28-17)31(15-12-19-10-13-27-14-11-19)26(30-24)20-6-4-3-5-7-20/h3-9,16,19,27H,10-15H2,1-2H3,(H,29,32). The van der Waals surface area contributed by atoms with Crippen LogP contribution in [0.15, 0.2) is 48.5 Å². The number of piperidine rings is 1. The molecule has 2 aromatic heterocycles. The molecule has 0 unspecified atom stereocenters. The molecule has 164 valence electrons. The summed E-state index contributed by atoms with van der Waals surface area (Å²) in [5.41, 5.74) is 5.76. The average Bonchev–Trinajstić information content (AvgIpc) is 3.19. The summed E-state index contributed by atoms with van der Waals surface area (Å²) in [5, 5.41) is 7.41. The number of aromatic nitrogens is 3. The van der Waals surface area contributed by atoms with Gasteiger partial charge in [0.1, 0.15) is 11.3 Å². The molecular weight excluding hydrogens is 398 g/mol. The molecule has 0 bridgehead atoms. The Hall–Kier alpha value is -3.25. The first-order chi connectivity index (χ1) is 15.6. The number of anilines is 1. The molecule has 4 aromatic rings. The van der Waals surface area contributed by atoms with Gasteiger partial charge in [0, 0.05) is 30.1 Å². The quantitative estimate of drug-likeness (QED) is 0.475. The molecule has 1 amide bonds. The molecular formula is C26H29N5O. The predicted octanol–water partition coefficient (Wildman–Crippen LogP) is 4.91. The summed E-state index contributed by atoms with van der Waals surface area (Å²) in [5.74, 6) is 1.65. The first kappa shape index (κ1) is 20.6. The number of fused-ring (bicyclic) bond motifs is 3. The van der Waals surface area contributed by atoms with Gasteiger partial charge < -0.3 is 15.2 Å². The van der Waals surface area contributed by atoms with E-state index in [1.165, 1.54) is 19.8 Å². The maximum atomic E-state index is 11.5. The molecule has 5 rings (SSSR count). The molecule has 1 fully saturated rings. The van der Waals surface area contributed by atoms with Crippen LogP contribution in [0.25, 0.3) is 33.3 Å². The first-order valence-corrected chi connectivity index (χ1v) is 11.4. The highest BCUT2D eigenvalue weighted by molar-refractivity contribution is 6.06.